The van der Waals surface area contributed by atoms with Gasteiger partial charge in [-0.25, -0.2) is 0 Å². The molecule has 0 heterocycles. The first-order valence-corrected chi connectivity index (χ1v) is 10.7. The molecule has 0 aromatic rings. The highest BCUT2D eigenvalue weighted by atomic mass is 16.1. The van der Waals surface area contributed by atoms with Gasteiger partial charge in [-0.05, 0) is 106 Å². The molecule has 0 spiro atoms. The Labute approximate surface area is 154 Å². The summed E-state index contributed by atoms with van der Waals surface area (Å²) in [5, 5.41) is 0. The number of ketones is 1. The maximum absolute atomic E-state index is 12.7. The lowest BCUT2D eigenvalue weighted by Gasteiger charge is -2.61. The third-order valence-electron chi connectivity index (χ3n) is 9.37. The van der Waals surface area contributed by atoms with Crippen molar-refractivity contribution in [2.24, 2.45) is 34.5 Å². The van der Waals surface area contributed by atoms with Crippen LogP contribution in [-0.2, 0) is 4.79 Å². The van der Waals surface area contributed by atoms with E-state index < -0.39 is 0 Å². The van der Waals surface area contributed by atoms with Crippen LogP contribution in [0.2, 0.25) is 0 Å². The smallest absolute Gasteiger partial charge is 0.159 e. The van der Waals surface area contributed by atoms with Crippen molar-refractivity contribution in [3.05, 3.63) is 11.6 Å². The molecular weight excluding hydrogens is 306 g/mol. The average Bonchev–Trinajstić information content (AvgIpc) is 2.83. The van der Waals surface area contributed by atoms with Gasteiger partial charge in [0.15, 0.2) is 5.78 Å². The molecule has 4 saturated carbocycles. The SMILES string of the molecule is CC=C1C(=O)C[C@H]2[C@@H]3CC[C@H]4C[C@@H](N(C)C)CC[C@]4(C)[C@H]3CC[C@]12C. The highest BCUT2D eigenvalue weighted by Gasteiger charge is 2.60. The minimum atomic E-state index is 0.178. The van der Waals surface area contributed by atoms with E-state index in [1.54, 1.807) is 0 Å². The van der Waals surface area contributed by atoms with Crippen LogP contribution in [0.5, 0.6) is 0 Å². The van der Waals surface area contributed by atoms with Crippen LogP contribution in [0, 0.1) is 34.5 Å². The lowest BCUT2D eigenvalue weighted by Crippen LogP contribution is -2.54. The Morgan fingerprint density at radius 3 is 2.48 bits per heavy atom. The van der Waals surface area contributed by atoms with Crippen molar-refractivity contribution in [2.75, 3.05) is 14.1 Å². The Morgan fingerprint density at radius 2 is 1.80 bits per heavy atom. The Morgan fingerprint density at radius 1 is 1.04 bits per heavy atom. The van der Waals surface area contributed by atoms with Crippen molar-refractivity contribution < 1.29 is 4.79 Å². The summed E-state index contributed by atoms with van der Waals surface area (Å²) in [6, 6.07) is 0.783. The monoisotopic (exact) mass is 343 g/mol. The molecule has 2 nitrogen and oxygen atoms in total. The van der Waals surface area contributed by atoms with E-state index >= 15 is 0 Å². The van der Waals surface area contributed by atoms with Gasteiger partial charge in [0.05, 0.1) is 0 Å². The van der Waals surface area contributed by atoms with Crippen LogP contribution >= 0.6 is 0 Å². The number of carbonyl (C=O) groups excluding carboxylic acids is 1. The number of allylic oxidation sites excluding steroid dienone is 2. The summed E-state index contributed by atoms with van der Waals surface area (Å²) in [5.74, 6) is 3.62. The largest absolute Gasteiger partial charge is 0.306 e. The zero-order valence-electron chi connectivity index (χ0n) is 17.0. The molecule has 2 heteroatoms. The number of nitrogens with zero attached hydrogens (tertiary/aromatic N) is 1. The molecule has 0 aromatic carbocycles. The molecule has 4 aliphatic rings. The van der Waals surface area contributed by atoms with Gasteiger partial charge in [-0.3, -0.25) is 4.79 Å². The highest BCUT2D eigenvalue weighted by molar-refractivity contribution is 5.99. The third-order valence-corrected chi connectivity index (χ3v) is 9.37. The minimum absolute atomic E-state index is 0.178. The van der Waals surface area contributed by atoms with Crippen molar-refractivity contribution in [3.63, 3.8) is 0 Å². The van der Waals surface area contributed by atoms with E-state index in [9.17, 15) is 4.79 Å². The summed E-state index contributed by atoms with van der Waals surface area (Å²) in [6.45, 7) is 7.11. The van der Waals surface area contributed by atoms with Crippen LogP contribution in [0.3, 0.4) is 0 Å². The summed E-state index contributed by atoms with van der Waals surface area (Å²) in [6.07, 6.45) is 12.5. The molecule has 0 unspecified atom stereocenters. The van der Waals surface area contributed by atoms with Crippen molar-refractivity contribution in [2.45, 2.75) is 78.2 Å². The van der Waals surface area contributed by atoms with E-state index in [4.69, 9.17) is 0 Å². The van der Waals surface area contributed by atoms with Crippen molar-refractivity contribution in [3.8, 4) is 0 Å². The van der Waals surface area contributed by atoms with Crippen LogP contribution in [0.15, 0.2) is 11.6 Å². The molecule has 0 amide bonds. The zero-order chi connectivity index (χ0) is 18.0. The van der Waals surface area contributed by atoms with Gasteiger partial charge >= 0.3 is 0 Å². The van der Waals surface area contributed by atoms with Gasteiger partial charge in [0.25, 0.3) is 0 Å². The zero-order valence-corrected chi connectivity index (χ0v) is 17.0. The number of rotatable bonds is 1. The second-order valence-corrected chi connectivity index (χ2v) is 10.3. The standard InChI is InChI=1S/C23H37NO/c1-6-18-21(25)14-20-17-8-7-15-13-16(24(4)5)9-11-22(15,2)19(17)10-12-23(18,20)3/h6,15-17,19-20H,7-14H2,1-5H3/t15-,16-,17+,19-,20-,22-,23+/m0/s1. The van der Waals surface area contributed by atoms with E-state index in [0.29, 0.717) is 17.1 Å². The fourth-order valence-electron chi connectivity index (χ4n) is 7.85. The summed E-state index contributed by atoms with van der Waals surface area (Å²) in [4.78, 5) is 15.1. The van der Waals surface area contributed by atoms with Crippen molar-refractivity contribution in [1.82, 2.24) is 4.90 Å². The van der Waals surface area contributed by atoms with E-state index in [2.05, 4.69) is 45.8 Å². The summed E-state index contributed by atoms with van der Waals surface area (Å²) in [5.41, 5.74) is 1.87. The normalized spacial score (nSPS) is 51.4. The molecule has 0 aliphatic heterocycles. The quantitative estimate of drug-likeness (QED) is 0.618. The predicted octanol–water partition coefficient (Wildman–Crippen LogP) is 5.08. The van der Waals surface area contributed by atoms with Gasteiger partial charge in [0.2, 0.25) is 0 Å². The number of fused-ring (bicyclic) bond motifs is 5. The number of hydrogen-bond acceptors (Lipinski definition) is 2. The summed E-state index contributed by atoms with van der Waals surface area (Å²) < 4.78 is 0. The van der Waals surface area contributed by atoms with Crippen LogP contribution in [0.25, 0.3) is 0 Å². The van der Waals surface area contributed by atoms with Crippen LogP contribution in [-0.4, -0.2) is 30.8 Å². The van der Waals surface area contributed by atoms with Gasteiger partial charge in [0.1, 0.15) is 0 Å². The summed E-state index contributed by atoms with van der Waals surface area (Å²) in [7, 11) is 4.52. The molecule has 7 atom stereocenters. The average molecular weight is 344 g/mol. The van der Waals surface area contributed by atoms with E-state index in [1.807, 2.05) is 0 Å². The van der Waals surface area contributed by atoms with Gasteiger partial charge in [-0.2, -0.15) is 0 Å². The Kier molecular flexibility index (Phi) is 4.22. The lowest BCUT2D eigenvalue weighted by molar-refractivity contribution is -0.117. The molecule has 0 radical (unpaired) electrons. The van der Waals surface area contributed by atoms with Gasteiger partial charge in [0, 0.05) is 12.5 Å². The first-order valence-electron chi connectivity index (χ1n) is 10.7. The Bertz CT molecular complexity index is 593. The molecule has 25 heavy (non-hydrogen) atoms. The van der Waals surface area contributed by atoms with Gasteiger partial charge < -0.3 is 4.90 Å². The molecule has 0 N–H and O–H groups in total. The lowest BCUT2D eigenvalue weighted by atomic mass is 9.45. The Hall–Kier alpha value is -0.630. The maximum Gasteiger partial charge on any atom is 0.159 e. The number of carbonyl (C=O) groups is 1. The molecule has 0 saturated heterocycles. The van der Waals surface area contributed by atoms with Gasteiger partial charge in [-0.1, -0.05) is 19.9 Å². The van der Waals surface area contributed by atoms with Crippen LogP contribution in [0.1, 0.15) is 72.1 Å². The van der Waals surface area contributed by atoms with E-state index in [1.165, 1.54) is 50.5 Å². The third kappa shape index (κ3) is 2.42. The number of Topliss-reactive ketones (excluding diaryl/α,β-unsaturated/α-hetero) is 1. The molecule has 4 aliphatic carbocycles. The predicted molar refractivity (Wildman–Crippen MR) is 103 cm³/mol. The first-order chi connectivity index (χ1) is 11.8. The minimum Gasteiger partial charge on any atom is -0.306 e. The maximum atomic E-state index is 12.7. The second kappa shape index (κ2) is 5.94. The molecule has 4 fully saturated rings. The van der Waals surface area contributed by atoms with E-state index in [0.717, 1.165) is 30.2 Å². The second-order valence-electron chi connectivity index (χ2n) is 10.3. The number of hydrogen-bond donors (Lipinski definition) is 0. The topological polar surface area (TPSA) is 20.3 Å². The van der Waals surface area contributed by atoms with Crippen LogP contribution < -0.4 is 0 Å². The highest BCUT2D eigenvalue weighted by Crippen LogP contribution is 2.66. The van der Waals surface area contributed by atoms with Crippen molar-refractivity contribution in [1.29, 1.82) is 0 Å². The van der Waals surface area contributed by atoms with Gasteiger partial charge in [-0.15, -0.1) is 0 Å². The molecular formula is C23H37NO. The Balaban J connectivity index is 1.61. The molecule has 0 aromatic heterocycles. The van der Waals surface area contributed by atoms with Crippen molar-refractivity contribution >= 4 is 5.78 Å². The fraction of sp³-hybridized carbons (Fsp3) is 0.870. The molecule has 0 bridgehead atoms. The first kappa shape index (κ1) is 17.8. The molecule has 4 rings (SSSR count). The molecule has 140 valence electrons. The van der Waals surface area contributed by atoms with E-state index in [-0.39, 0.29) is 5.41 Å². The fourth-order valence-corrected chi connectivity index (χ4v) is 7.85. The summed E-state index contributed by atoms with van der Waals surface area (Å²) >= 11 is 0. The van der Waals surface area contributed by atoms with Crippen LogP contribution in [0.4, 0.5) is 0 Å².